The summed E-state index contributed by atoms with van der Waals surface area (Å²) in [6, 6.07) is 0. The molecule has 0 aliphatic rings. The van der Waals surface area contributed by atoms with Crippen molar-refractivity contribution in [3.8, 4) is 0 Å². The number of rotatable bonds is 6. The molecule has 0 radical (unpaired) electrons. The highest BCUT2D eigenvalue weighted by atomic mass is 32.2. The van der Waals surface area contributed by atoms with Gasteiger partial charge >= 0.3 is 0 Å². The fourth-order valence-corrected chi connectivity index (χ4v) is 1.45. The third kappa shape index (κ3) is 6.43. The van der Waals surface area contributed by atoms with Gasteiger partial charge in [-0.15, -0.1) is 0 Å². The number of hydrogen-bond donors (Lipinski definition) is 1. The average Bonchev–Trinajstić information content (AvgIpc) is 1.97. The Balaban J connectivity index is 3.00. The van der Waals surface area contributed by atoms with Crippen LogP contribution in [-0.4, -0.2) is 22.7 Å². The molecule has 1 atom stereocenters. The molecule has 1 nitrogen and oxygen atoms in total. The maximum Gasteiger partial charge on any atom is 0.0630 e. The zero-order valence-corrected chi connectivity index (χ0v) is 7.78. The van der Waals surface area contributed by atoms with E-state index in [0.717, 1.165) is 24.3 Å². The van der Waals surface area contributed by atoms with Gasteiger partial charge in [-0.05, 0) is 12.2 Å². The van der Waals surface area contributed by atoms with Gasteiger partial charge in [-0.2, -0.15) is 11.8 Å². The van der Waals surface area contributed by atoms with E-state index in [1.165, 1.54) is 6.42 Å². The summed E-state index contributed by atoms with van der Waals surface area (Å²) < 4.78 is 0. The first-order valence-electron chi connectivity index (χ1n) is 4.07. The van der Waals surface area contributed by atoms with Crippen molar-refractivity contribution in [1.29, 1.82) is 0 Å². The van der Waals surface area contributed by atoms with Gasteiger partial charge in [0.25, 0.3) is 0 Å². The van der Waals surface area contributed by atoms with Gasteiger partial charge in [0.15, 0.2) is 0 Å². The molecule has 0 unspecified atom stereocenters. The molecule has 62 valence electrons. The van der Waals surface area contributed by atoms with E-state index in [9.17, 15) is 5.11 Å². The lowest BCUT2D eigenvalue weighted by molar-refractivity contribution is 0.186. The van der Waals surface area contributed by atoms with Gasteiger partial charge < -0.3 is 5.11 Å². The second-order valence-corrected chi connectivity index (χ2v) is 3.77. The quantitative estimate of drug-likeness (QED) is 0.646. The van der Waals surface area contributed by atoms with E-state index in [1.807, 2.05) is 11.8 Å². The highest BCUT2D eigenvalue weighted by Gasteiger charge is 2.00. The van der Waals surface area contributed by atoms with Gasteiger partial charge in [-0.3, -0.25) is 0 Å². The number of hydrogen-bond acceptors (Lipinski definition) is 2. The third-order valence-corrected chi connectivity index (χ3v) is 2.43. The highest BCUT2D eigenvalue weighted by Crippen LogP contribution is 2.07. The molecule has 0 aromatic carbocycles. The van der Waals surface area contributed by atoms with E-state index >= 15 is 0 Å². The molecule has 0 amide bonds. The average molecular weight is 162 g/mol. The molecular weight excluding hydrogens is 144 g/mol. The molecule has 0 aliphatic carbocycles. The van der Waals surface area contributed by atoms with Crippen molar-refractivity contribution in [2.45, 2.75) is 39.2 Å². The first-order valence-corrected chi connectivity index (χ1v) is 5.22. The first-order chi connectivity index (χ1) is 4.81. The van der Waals surface area contributed by atoms with Gasteiger partial charge in [-0.1, -0.05) is 26.7 Å². The molecular formula is C8H18OS. The van der Waals surface area contributed by atoms with Crippen molar-refractivity contribution in [3.05, 3.63) is 0 Å². The summed E-state index contributed by atoms with van der Waals surface area (Å²) in [5.74, 6) is 2.03. The Morgan fingerprint density at radius 1 is 1.40 bits per heavy atom. The predicted octanol–water partition coefficient (Wildman–Crippen LogP) is 2.29. The van der Waals surface area contributed by atoms with Crippen molar-refractivity contribution in [3.63, 3.8) is 0 Å². The molecule has 0 rings (SSSR count). The van der Waals surface area contributed by atoms with Crippen LogP contribution in [0.4, 0.5) is 0 Å². The zero-order valence-electron chi connectivity index (χ0n) is 6.97. The summed E-state index contributed by atoms with van der Waals surface area (Å²) in [6.45, 7) is 4.27. The van der Waals surface area contributed by atoms with E-state index in [1.54, 1.807) is 0 Å². The molecule has 0 saturated heterocycles. The minimum Gasteiger partial charge on any atom is -0.392 e. The molecule has 10 heavy (non-hydrogen) atoms. The van der Waals surface area contributed by atoms with Crippen LogP contribution in [0.1, 0.15) is 33.1 Å². The lowest BCUT2D eigenvalue weighted by atomic mass is 10.2. The normalized spacial score (nSPS) is 13.5. The maximum atomic E-state index is 9.29. The van der Waals surface area contributed by atoms with Crippen LogP contribution in [0.2, 0.25) is 0 Å². The number of unbranched alkanes of at least 4 members (excludes halogenated alkanes) is 1. The summed E-state index contributed by atoms with van der Waals surface area (Å²) in [5.41, 5.74) is 0. The fraction of sp³-hybridized carbons (Fsp3) is 1.00. The van der Waals surface area contributed by atoms with E-state index < -0.39 is 0 Å². The third-order valence-electron chi connectivity index (χ3n) is 1.41. The van der Waals surface area contributed by atoms with Gasteiger partial charge in [0.05, 0.1) is 6.10 Å². The van der Waals surface area contributed by atoms with Gasteiger partial charge in [0, 0.05) is 5.75 Å². The predicted molar refractivity (Wildman–Crippen MR) is 48.5 cm³/mol. The molecule has 1 N–H and O–H groups in total. The van der Waals surface area contributed by atoms with Crippen LogP contribution in [0, 0.1) is 0 Å². The van der Waals surface area contributed by atoms with Crippen LogP contribution >= 0.6 is 11.8 Å². The van der Waals surface area contributed by atoms with Crippen LogP contribution in [0.25, 0.3) is 0 Å². The Labute approximate surface area is 68.2 Å². The summed E-state index contributed by atoms with van der Waals surface area (Å²) in [7, 11) is 0. The summed E-state index contributed by atoms with van der Waals surface area (Å²) >= 11 is 1.82. The second kappa shape index (κ2) is 7.42. The lowest BCUT2D eigenvalue weighted by Gasteiger charge is -2.07. The number of thioether (sulfide) groups is 1. The topological polar surface area (TPSA) is 20.2 Å². The Morgan fingerprint density at radius 3 is 2.60 bits per heavy atom. The lowest BCUT2D eigenvalue weighted by Crippen LogP contribution is -2.09. The Hall–Kier alpha value is 0.310. The van der Waals surface area contributed by atoms with E-state index in [2.05, 4.69) is 13.8 Å². The smallest absolute Gasteiger partial charge is 0.0630 e. The number of aliphatic hydroxyl groups is 1. The summed E-state index contributed by atoms with van der Waals surface area (Å²) in [5, 5.41) is 9.29. The molecule has 0 bridgehead atoms. The molecule has 0 heterocycles. The molecule has 0 spiro atoms. The van der Waals surface area contributed by atoms with E-state index in [4.69, 9.17) is 0 Å². The van der Waals surface area contributed by atoms with Crippen molar-refractivity contribution in [2.75, 3.05) is 11.5 Å². The molecule has 0 aromatic heterocycles. The van der Waals surface area contributed by atoms with Crippen LogP contribution < -0.4 is 0 Å². The van der Waals surface area contributed by atoms with E-state index in [-0.39, 0.29) is 6.10 Å². The zero-order chi connectivity index (χ0) is 7.82. The van der Waals surface area contributed by atoms with Gasteiger partial charge in [-0.25, -0.2) is 0 Å². The van der Waals surface area contributed by atoms with Crippen LogP contribution in [-0.2, 0) is 0 Å². The van der Waals surface area contributed by atoms with Crippen molar-refractivity contribution in [1.82, 2.24) is 0 Å². The SMILES string of the molecule is CCCC[C@@H](O)CSCC. The largest absolute Gasteiger partial charge is 0.392 e. The first kappa shape index (κ1) is 10.3. The fourth-order valence-electron chi connectivity index (χ4n) is 0.777. The van der Waals surface area contributed by atoms with Crippen molar-refractivity contribution in [2.24, 2.45) is 0 Å². The van der Waals surface area contributed by atoms with Crippen LogP contribution in [0.3, 0.4) is 0 Å². The van der Waals surface area contributed by atoms with Crippen molar-refractivity contribution >= 4 is 11.8 Å². The maximum absolute atomic E-state index is 9.29. The molecule has 0 fully saturated rings. The monoisotopic (exact) mass is 162 g/mol. The molecule has 2 heteroatoms. The second-order valence-electron chi connectivity index (χ2n) is 2.46. The summed E-state index contributed by atoms with van der Waals surface area (Å²) in [4.78, 5) is 0. The Morgan fingerprint density at radius 2 is 2.10 bits per heavy atom. The number of aliphatic hydroxyl groups excluding tert-OH is 1. The van der Waals surface area contributed by atoms with Gasteiger partial charge in [0.2, 0.25) is 0 Å². The Bertz CT molecular complexity index is 58.3. The van der Waals surface area contributed by atoms with E-state index in [0.29, 0.717) is 0 Å². The van der Waals surface area contributed by atoms with Gasteiger partial charge in [0.1, 0.15) is 0 Å². The van der Waals surface area contributed by atoms with Crippen LogP contribution in [0.15, 0.2) is 0 Å². The minimum absolute atomic E-state index is 0.0649. The molecule has 0 aliphatic heterocycles. The standard InChI is InChI=1S/C8H18OS/c1-3-5-6-8(9)7-10-4-2/h8-9H,3-7H2,1-2H3/t8-/m1/s1. The highest BCUT2D eigenvalue weighted by molar-refractivity contribution is 7.99. The Kier molecular flexibility index (Phi) is 7.65. The molecule has 0 aromatic rings. The molecule has 0 saturated carbocycles. The minimum atomic E-state index is -0.0649. The summed E-state index contributed by atoms with van der Waals surface area (Å²) in [6.07, 6.45) is 3.26. The van der Waals surface area contributed by atoms with Crippen LogP contribution in [0.5, 0.6) is 0 Å². The van der Waals surface area contributed by atoms with Crippen molar-refractivity contribution < 1.29 is 5.11 Å².